The number of para-hydroxylation sites is 1. The van der Waals surface area contributed by atoms with Crippen LogP contribution in [0.25, 0.3) is 5.41 Å². The number of carbonyl (C=O) groups excluding carboxylic acids is 1. The zero-order valence-corrected chi connectivity index (χ0v) is 15.6. The molecule has 8 heteroatoms. The summed E-state index contributed by atoms with van der Waals surface area (Å²) in [5.74, 6) is 0.832. The smallest absolute Gasteiger partial charge is 0.269 e. The predicted octanol–water partition coefficient (Wildman–Crippen LogP) is 3.69. The first-order valence-electron chi connectivity index (χ1n) is 8.32. The van der Waals surface area contributed by atoms with Gasteiger partial charge in [-0.05, 0) is 24.6 Å². The predicted molar refractivity (Wildman–Crippen MR) is 111 cm³/mol. The van der Waals surface area contributed by atoms with Crippen molar-refractivity contribution in [1.82, 2.24) is 5.32 Å². The Morgan fingerprint density at radius 1 is 1.25 bits per heavy atom. The zero-order chi connectivity index (χ0) is 20.3. The Bertz CT molecular complexity index is 1060. The number of nitro benzene ring substituents is 1. The molecule has 140 valence electrons. The molecular weight excluding hydrogens is 376 g/mol. The third kappa shape index (κ3) is 3.73. The van der Waals surface area contributed by atoms with Gasteiger partial charge in [-0.1, -0.05) is 42.5 Å². The SMILES string of the molecule is CC1=C(C(=O)Nc2ccccc2)C(c2cccc([N+](=O)[O-])c2)C(=C=[N-])C(=S)N1. The van der Waals surface area contributed by atoms with Crippen LogP contribution in [0.1, 0.15) is 18.4 Å². The number of nitrogens with one attached hydrogen (secondary N) is 2. The van der Waals surface area contributed by atoms with Gasteiger partial charge in [0.1, 0.15) is 4.99 Å². The Morgan fingerprint density at radius 2 is 1.96 bits per heavy atom. The second kappa shape index (κ2) is 7.96. The molecule has 0 radical (unpaired) electrons. The van der Waals surface area contributed by atoms with Crippen LogP contribution in [0.2, 0.25) is 0 Å². The van der Waals surface area contributed by atoms with Crippen molar-refractivity contribution < 1.29 is 9.72 Å². The maximum atomic E-state index is 13.0. The van der Waals surface area contributed by atoms with Gasteiger partial charge in [-0.15, -0.1) is 0 Å². The molecule has 2 aromatic rings. The van der Waals surface area contributed by atoms with Gasteiger partial charge in [-0.25, -0.2) is 0 Å². The number of nitro groups is 1. The summed E-state index contributed by atoms with van der Waals surface area (Å²) in [5, 5.41) is 26.5. The molecule has 0 spiro atoms. The zero-order valence-electron chi connectivity index (χ0n) is 14.8. The van der Waals surface area contributed by atoms with Gasteiger partial charge in [0.15, 0.2) is 0 Å². The third-order valence-electron chi connectivity index (χ3n) is 4.34. The number of anilines is 1. The highest BCUT2D eigenvalue weighted by molar-refractivity contribution is 7.80. The van der Waals surface area contributed by atoms with Crippen molar-refractivity contribution in [2.24, 2.45) is 0 Å². The summed E-state index contributed by atoms with van der Waals surface area (Å²) in [6.45, 7) is 1.69. The van der Waals surface area contributed by atoms with E-state index in [2.05, 4.69) is 10.6 Å². The fraction of sp³-hybridized carbons (Fsp3) is 0.100. The van der Waals surface area contributed by atoms with E-state index < -0.39 is 16.7 Å². The lowest BCUT2D eigenvalue weighted by Crippen LogP contribution is -2.36. The number of amides is 1. The molecule has 1 amide bonds. The van der Waals surface area contributed by atoms with Crippen LogP contribution in [0.5, 0.6) is 0 Å². The van der Waals surface area contributed by atoms with Gasteiger partial charge in [0.2, 0.25) is 0 Å². The molecule has 1 atom stereocenters. The minimum absolute atomic E-state index is 0.125. The van der Waals surface area contributed by atoms with Crippen molar-refractivity contribution in [2.75, 3.05) is 5.32 Å². The van der Waals surface area contributed by atoms with Crippen LogP contribution in [0.4, 0.5) is 11.4 Å². The molecule has 7 nitrogen and oxygen atoms in total. The fourth-order valence-corrected chi connectivity index (χ4v) is 3.40. The normalized spacial score (nSPS) is 16.2. The molecule has 0 saturated carbocycles. The molecular formula is C20H15N4O3S-. The molecule has 2 aromatic carbocycles. The average Bonchev–Trinajstić information content (AvgIpc) is 2.68. The number of carbonyl (C=O) groups is 1. The third-order valence-corrected chi connectivity index (χ3v) is 4.66. The second-order valence-corrected chi connectivity index (χ2v) is 6.53. The lowest BCUT2D eigenvalue weighted by Gasteiger charge is -2.31. The quantitative estimate of drug-likeness (QED) is 0.272. The van der Waals surface area contributed by atoms with Crippen LogP contribution in [-0.4, -0.2) is 21.7 Å². The summed E-state index contributed by atoms with van der Waals surface area (Å²) in [7, 11) is 0. The highest BCUT2D eigenvalue weighted by Gasteiger charge is 2.34. The van der Waals surface area contributed by atoms with E-state index in [-0.39, 0.29) is 21.8 Å². The van der Waals surface area contributed by atoms with Gasteiger partial charge in [0.05, 0.1) is 4.92 Å². The van der Waals surface area contributed by atoms with Crippen molar-refractivity contribution >= 4 is 40.4 Å². The average molecular weight is 391 g/mol. The maximum absolute atomic E-state index is 13.0. The van der Waals surface area contributed by atoms with Gasteiger partial charge < -0.3 is 16.0 Å². The van der Waals surface area contributed by atoms with E-state index in [4.69, 9.17) is 12.2 Å². The molecule has 0 aliphatic carbocycles. The number of nitrogens with zero attached hydrogens (tertiary/aromatic N) is 2. The number of allylic oxidation sites excluding steroid dienone is 1. The molecule has 1 aliphatic heterocycles. The van der Waals surface area contributed by atoms with Gasteiger partial charge in [-0.2, -0.15) is 0 Å². The summed E-state index contributed by atoms with van der Waals surface area (Å²) < 4.78 is 0. The Kier molecular flexibility index (Phi) is 5.44. The molecule has 1 heterocycles. The number of hydrogen-bond donors (Lipinski definition) is 2. The molecule has 28 heavy (non-hydrogen) atoms. The highest BCUT2D eigenvalue weighted by Crippen LogP contribution is 2.37. The molecule has 1 aliphatic rings. The van der Waals surface area contributed by atoms with E-state index in [0.29, 0.717) is 16.9 Å². The van der Waals surface area contributed by atoms with Crippen molar-refractivity contribution in [1.29, 1.82) is 0 Å². The first-order valence-corrected chi connectivity index (χ1v) is 8.73. The Labute approximate surface area is 166 Å². The van der Waals surface area contributed by atoms with E-state index >= 15 is 0 Å². The van der Waals surface area contributed by atoms with Gasteiger partial charge in [-0.3, -0.25) is 20.8 Å². The topological polar surface area (TPSA) is 107 Å². The van der Waals surface area contributed by atoms with E-state index in [1.54, 1.807) is 37.3 Å². The number of thiocarbonyl (C=S) groups is 1. The van der Waals surface area contributed by atoms with Crippen LogP contribution >= 0.6 is 12.2 Å². The summed E-state index contributed by atoms with van der Waals surface area (Å²) in [5.41, 5.74) is 1.87. The Morgan fingerprint density at radius 3 is 2.61 bits per heavy atom. The first kappa shape index (κ1) is 19.2. The molecule has 3 rings (SSSR count). The molecule has 2 N–H and O–H groups in total. The minimum atomic E-state index is -0.803. The standard InChI is InChI=1S/C20H15N4O3S/c1-12-17(19(25)23-14-7-3-2-4-8-14)18(16(11-21)20(28)22-12)13-6-5-9-15(10-13)24(26)27/h2-10,18H,1H3,(H,22,28)(H,23,25)/q-1. The molecule has 0 fully saturated rings. The lowest BCUT2D eigenvalue weighted by molar-refractivity contribution is -0.384. The number of benzene rings is 2. The van der Waals surface area contributed by atoms with Crippen LogP contribution in [0.3, 0.4) is 0 Å². The van der Waals surface area contributed by atoms with Gasteiger partial charge in [0, 0.05) is 40.6 Å². The summed E-state index contributed by atoms with van der Waals surface area (Å²) in [4.78, 5) is 23.9. The van der Waals surface area contributed by atoms with E-state index in [1.807, 2.05) is 11.9 Å². The Hall–Kier alpha value is -3.61. The van der Waals surface area contributed by atoms with E-state index in [1.165, 1.54) is 18.2 Å². The van der Waals surface area contributed by atoms with Crippen LogP contribution < -0.4 is 10.6 Å². The molecule has 0 bridgehead atoms. The Balaban J connectivity index is 2.11. The van der Waals surface area contributed by atoms with Crippen LogP contribution in [0.15, 0.2) is 71.4 Å². The summed E-state index contributed by atoms with van der Waals surface area (Å²) >= 11 is 5.26. The van der Waals surface area contributed by atoms with E-state index in [9.17, 15) is 20.3 Å². The first-order chi connectivity index (χ1) is 13.4. The molecule has 1 unspecified atom stereocenters. The van der Waals surface area contributed by atoms with Crippen LogP contribution in [0, 0.1) is 10.1 Å². The van der Waals surface area contributed by atoms with Crippen LogP contribution in [-0.2, 0) is 4.79 Å². The fourth-order valence-electron chi connectivity index (χ4n) is 3.08. The highest BCUT2D eigenvalue weighted by atomic mass is 32.1. The molecule has 0 aromatic heterocycles. The second-order valence-electron chi connectivity index (χ2n) is 6.12. The van der Waals surface area contributed by atoms with Crippen molar-refractivity contribution in [3.63, 3.8) is 0 Å². The lowest BCUT2D eigenvalue weighted by atomic mass is 9.81. The number of rotatable bonds is 4. The largest absolute Gasteiger partial charge is 0.763 e. The molecule has 0 saturated heterocycles. The van der Waals surface area contributed by atoms with Crippen molar-refractivity contribution in [3.8, 4) is 0 Å². The summed E-state index contributed by atoms with van der Waals surface area (Å²) in [6, 6.07) is 14.8. The van der Waals surface area contributed by atoms with Gasteiger partial charge >= 0.3 is 0 Å². The van der Waals surface area contributed by atoms with Crippen molar-refractivity contribution in [2.45, 2.75) is 12.8 Å². The van der Waals surface area contributed by atoms with Crippen molar-refractivity contribution in [3.05, 3.63) is 92.5 Å². The maximum Gasteiger partial charge on any atom is 0.269 e. The minimum Gasteiger partial charge on any atom is -0.763 e. The number of hydrogen-bond acceptors (Lipinski definition) is 4. The monoisotopic (exact) mass is 391 g/mol. The van der Waals surface area contributed by atoms with Gasteiger partial charge in [0.25, 0.3) is 11.6 Å². The number of non-ortho nitro benzene ring substituents is 1. The summed E-state index contributed by atoms with van der Waals surface area (Å²) in [6.07, 6.45) is 0. The van der Waals surface area contributed by atoms with E-state index in [0.717, 1.165) is 0 Å².